The summed E-state index contributed by atoms with van der Waals surface area (Å²) in [6.07, 6.45) is 0. The highest BCUT2D eigenvalue weighted by atomic mass is 79.9. The molecule has 5 heteroatoms. The molecule has 0 spiro atoms. The predicted octanol–water partition coefficient (Wildman–Crippen LogP) is 1.82. The maximum atomic E-state index is 11.2. The van der Waals surface area contributed by atoms with E-state index >= 15 is 0 Å². The Morgan fingerprint density at radius 2 is 1.86 bits per heavy atom. The molecule has 0 saturated heterocycles. The van der Waals surface area contributed by atoms with Crippen molar-refractivity contribution < 1.29 is 4.79 Å². The first-order valence-corrected chi connectivity index (χ1v) is 4.79. The van der Waals surface area contributed by atoms with Crippen molar-refractivity contribution in [1.29, 1.82) is 0 Å². The first-order valence-electron chi connectivity index (χ1n) is 4.00. The maximum absolute atomic E-state index is 11.2. The number of rotatable bonds is 1. The van der Waals surface area contributed by atoms with E-state index in [1.54, 1.807) is 12.1 Å². The summed E-state index contributed by atoms with van der Waals surface area (Å²) in [6.45, 7) is 1.48. The summed E-state index contributed by atoms with van der Waals surface area (Å²) in [5.74, 6) is -0.0409. The van der Waals surface area contributed by atoms with Crippen LogP contribution >= 0.6 is 15.9 Å². The van der Waals surface area contributed by atoms with Crippen LogP contribution in [0, 0.1) is 0 Å². The van der Waals surface area contributed by atoms with Crippen LogP contribution in [-0.4, -0.2) is 15.8 Å². The highest BCUT2D eigenvalue weighted by Crippen LogP contribution is 2.21. The van der Waals surface area contributed by atoms with Crippen molar-refractivity contribution in [3.8, 4) is 0 Å². The molecule has 0 aliphatic heterocycles. The molecule has 2 aromatic rings. The number of benzene rings is 1. The maximum Gasteiger partial charge on any atom is 0.323 e. The second-order valence-corrected chi connectivity index (χ2v) is 3.87. The van der Waals surface area contributed by atoms with Gasteiger partial charge in [-0.2, -0.15) is 0 Å². The number of halogens is 1. The normalized spacial score (nSPS) is 10.7. The second-order valence-electron chi connectivity index (χ2n) is 3.01. The van der Waals surface area contributed by atoms with Crippen molar-refractivity contribution in [2.75, 3.05) is 0 Å². The zero-order valence-electron chi connectivity index (χ0n) is 7.35. The molecule has 72 valence electrons. The Balaban J connectivity index is 2.82. The van der Waals surface area contributed by atoms with Crippen LogP contribution in [0.1, 0.15) is 17.3 Å². The third-order valence-corrected chi connectivity index (χ3v) is 2.64. The van der Waals surface area contributed by atoms with Gasteiger partial charge in [-0.1, -0.05) is 0 Å². The number of hydrogen-bond donors (Lipinski definition) is 2. The van der Waals surface area contributed by atoms with E-state index in [1.807, 2.05) is 0 Å². The third-order valence-electron chi connectivity index (χ3n) is 1.98. The van der Waals surface area contributed by atoms with E-state index in [0.29, 0.717) is 21.1 Å². The number of fused-ring (bicyclic) bond motifs is 1. The monoisotopic (exact) mass is 254 g/mol. The van der Waals surface area contributed by atoms with E-state index in [-0.39, 0.29) is 11.5 Å². The number of hydrogen-bond acceptors (Lipinski definition) is 2. The first-order chi connectivity index (χ1) is 6.58. The standard InChI is InChI=1S/C9H7BrN2O2/c1-4(13)5-2-7-8(3-6(5)10)12-9(14)11-7/h2-3H,1H3,(H2,11,12,14). The van der Waals surface area contributed by atoms with Crippen molar-refractivity contribution in [3.05, 3.63) is 32.7 Å². The van der Waals surface area contributed by atoms with Gasteiger partial charge in [0, 0.05) is 10.0 Å². The lowest BCUT2D eigenvalue weighted by molar-refractivity contribution is 0.101. The van der Waals surface area contributed by atoms with E-state index in [1.165, 1.54) is 6.92 Å². The van der Waals surface area contributed by atoms with Gasteiger partial charge in [-0.3, -0.25) is 4.79 Å². The van der Waals surface area contributed by atoms with Gasteiger partial charge < -0.3 is 9.97 Å². The van der Waals surface area contributed by atoms with E-state index in [4.69, 9.17) is 0 Å². The number of ketones is 1. The topological polar surface area (TPSA) is 65.7 Å². The molecule has 0 bridgehead atoms. The number of nitrogens with one attached hydrogen (secondary N) is 2. The average Bonchev–Trinajstić information content (AvgIpc) is 2.42. The Bertz CT molecular complexity index is 568. The van der Waals surface area contributed by atoms with Crippen LogP contribution in [0.15, 0.2) is 21.4 Å². The fourth-order valence-electron chi connectivity index (χ4n) is 1.33. The summed E-state index contributed by atoms with van der Waals surface area (Å²) in [5, 5.41) is 0. The Morgan fingerprint density at radius 3 is 2.43 bits per heavy atom. The molecule has 0 atom stereocenters. The van der Waals surface area contributed by atoms with E-state index in [0.717, 1.165) is 0 Å². The minimum absolute atomic E-state index is 0.0409. The zero-order valence-corrected chi connectivity index (χ0v) is 8.94. The van der Waals surface area contributed by atoms with Crippen molar-refractivity contribution >= 4 is 32.7 Å². The minimum Gasteiger partial charge on any atom is -0.306 e. The number of aromatic nitrogens is 2. The molecule has 2 rings (SSSR count). The highest BCUT2D eigenvalue weighted by Gasteiger charge is 2.08. The van der Waals surface area contributed by atoms with Crippen LogP contribution in [0.5, 0.6) is 0 Å². The second kappa shape index (κ2) is 3.09. The Kier molecular flexibility index (Phi) is 2.03. The van der Waals surface area contributed by atoms with Gasteiger partial charge in [-0.15, -0.1) is 0 Å². The molecule has 0 amide bonds. The summed E-state index contributed by atoms with van der Waals surface area (Å²) in [5.41, 5.74) is 1.62. The van der Waals surface area contributed by atoms with Gasteiger partial charge in [0.25, 0.3) is 0 Å². The first kappa shape index (κ1) is 9.21. The largest absolute Gasteiger partial charge is 0.323 e. The lowest BCUT2D eigenvalue weighted by Gasteiger charge is -1.99. The van der Waals surface area contributed by atoms with Crippen molar-refractivity contribution in [2.45, 2.75) is 6.92 Å². The summed E-state index contributed by atoms with van der Waals surface area (Å²) in [7, 11) is 0. The number of carbonyl (C=O) groups excluding carboxylic acids is 1. The molecule has 1 aromatic carbocycles. The number of Topliss-reactive ketones (excluding diaryl/α,β-unsaturated/α-hetero) is 1. The summed E-state index contributed by atoms with van der Waals surface area (Å²) < 4.78 is 0.688. The van der Waals surface area contributed by atoms with Crippen molar-refractivity contribution in [3.63, 3.8) is 0 Å². The number of imidazole rings is 1. The third kappa shape index (κ3) is 1.39. The van der Waals surface area contributed by atoms with Gasteiger partial charge >= 0.3 is 5.69 Å². The summed E-state index contributed by atoms with van der Waals surface area (Å²) in [6, 6.07) is 3.36. The average molecular weight is 255 g/mol. The van der Waals surface area contributed by atoms with Gasteiger partial charge in [0.1, 0.15) is 0 Å². The molecule has 2 N–H and O–H groups in total. The molecule has 1 aromatic heterocycles. The Hall–Kier alpha value is -1.36. The van der Waals surface area contributed by atoms with Gasteiger partial charge in [-0.05, 0) is 35.0 Å². The van der Waals surface area contributed by atoms with Crippen LogP contribution < -0.4 is 5.69 Å². The van der Waals surface area contributed by atoms with Crippen LogP contribution in [0.4, 0.5) is 0 Å². The van der Waals surface area contributed by atoms with Gasteiger partial charge in [-0.25, -0.2) is 4.79 Å². The highest BCUT2D eigenvalue weighted by molar-refractivity contribution is 9.10. The minimum atomic E-state index is -0.271. The van der Waals surface area contributed by atoms with E-state index < -0.39 is 0 Å². The molecule has 14 heavy (non-hydrogen) atoms. The number of carbonyl (C=O) groups is 1. The molecular weight excluding hydrogens is 248 g/mol. The van der Waals surface area contributed by atoms with Crippen LogP contribution in [0.2, 0.25) is 0 Å². The van der Waals surface area contributed by atoms with Crippen molar-refractivity contribution in [1.82, 2.24) is 9.97 Å². The predicted molar refractivity (Wildman–Crippen MR) is 56.6 cm³/mol. The van der Waals surface area contributed by atoms with Gasteiger partial charge in [0.05, 0.1) is 11.0 Å². The lowest BCUT2D eigenvalue weighted by atomic mass is 10.1. The fraction of sp³-hybridized carbons (Fsp3) is 0.111. The Morgan fingerprint density at radius 1 is 1.29 bits per heavy atom. The molecule has 0 aliphatic carbocycles. The molecule has 0 radical (unpaired) electrons. The van der Waals surface area contributed by atoms with Crippen LogP contribution in [0.25, 0.3) is 11.0 Å². The van der Waals surface area contributed by atoms with Crippen molar-refractivity contribution in [2.24, 2.45) is 0 Å². The summed E-state index contributed by atoms with van der Waals surface area (Å²) >= 11 is 3.27. The number of H-pyrrole nitrogens is 2. The number of aromatic amines is 2. The van der Waals surface area contributed by atoms with E-state index in [2.05, 4.69) is 25.9 Å². The van der Waals surface area contributed by atoms with Gasteiger partial charge in [0.15, 0.2) is 5.78 Å². The summed E-state index contributed by atoms with van der Waals surface area (Å²) in [4.78, 5) is 27.4. The molecule has 0 saturated carbocycles. The molecular formula is C9H7BrN2O2. The van der Waals surface area contributed by atoms with E-state index in [9.17, 15) is 9.59 Å². The molecule has 0 aliphatic rings. The lowest BCUT2D eigenvalue weighted by Crippen LogP contribution is -1.99. The van der Waals surface area contributed by atoms with Gasteiger partial charge in [0.2, 0.25) is 0 Å². The fourth-order valence-corrected chi connectivity index (χ4v) is 1.95. The Labute approximate surface area is 87.5 Å². The molecule has 0 unspecified atom stereocenters. The smallest absolute Gasteiger partial charge is 0.306 e. The zero-order chi connectivity index (χ0) is 10.3. The molecule has 1 heterocycles. The van der Waals surface area contributed by atoms with Crippen LogP contribution in [-0.2, 0) is 0 Å². The quantitative estimate of drug-likeness (QED) is 0.763. The van der Waals surface area contributed by atoms with Crippen LogP contribution in [0.3, 0.4) is 0 Å². The molecule has 4 nitrogen and oxygen atoms in total. The molecule has 0 fully saturated rings. The SMILES string of the molecule is CC(=O)c1cc2[nH]c(=O)[nH]c2cc1Br.